The van der Waals surface area contributed by atoms with Crippen molar-refractivity contribution in [2.75, 3.05) is 11.9 Å². The van der Waals surface area contributed by atoms with Crippen LogP contribution in [-0.2, 0) is 12.4 Å². The molecule has 11 heteroatoms. The van der Waals surface area contributed by atoms with Crippen molar-refractivity contribution in [3.63, 3.8) is 0 Å². The third-order valence-corrected chi connectivity index (χ3v) is 3.67. The Morgan fingerprint density at radius 2 is 1.65 bits per heavy atom. The normalized spacial score (nSPS) is 15.7. The molecule has 1 saturated carbocycles. The van der Waals surface area contributed by atoms with Crippen LogP contribution in [0, 0.1) is 16.0 Å². The lowest BCUT2D eigenvalue weighted by Gasteiger charge is -2.16. The fourth-order valence-electron chi connectivity index (χ4n) is 2.23. The molecule has 1 fully saturated rings. The minimum atomic E-state index is -5.00. The maximum atomic E-state index is 12.8. The monoisotopic (exact) mass is 383 g/mol. The second kappa shape index (κ2) is 7.42. The summed E-state index contributed by atoms with van der Waals surface area (Å²) >= 11 is 0. The second-order valence-electron chi connectivity index (χ2n) is 5.91. The van der Waals surface area contributed by atoms with Crippen molar-refractivity contribution in [1.29, 1.82) is 0 Å². The summed E-state index contributed by atoms with van der Waals surface area (Å²) < 4.78 is 77.1. The summed E-state index contributed by atoms with van der Waals surface area (Å²) in [6, 6.07) is 0.916. The van der Waals surface area contributed by atoms with Crippen molar-refractivity contribution in [2.45, 2.75) is 31.6 Å². The van der Waals surface area contributed by atoms with Gasteiger partial charge < -0.3 is 10.6 Å². The van der Waals surface area contributed by atoms with Crippen molar-refractivity contribution < 1.29 is 31.3 Å². The van der Waals surface area contributed by atoms with Gasteiger partial charge in [0.25, 0.3) is 6.20 Å². The van der Waals surface area contributed by atoms with Gasteiger partial charge in [0.2, 0.25) is 0 Å². The minimum absolute atomic E-state index is 0.0113. The van der Waals surface area contributed by atoms with E-state index in [1.54, 1.807) is 0 Å². The fourth-order valence-corrected chi connectivity index (χ4v) is 2.23. The third-order valence-electron chi connectivity index (χ3n) is 3.67. The van der Waals surface area contributed by atoms with Crippen molar-refractivity contribution in [3.05, 3.63) is 51.5 Å². The Hall–Kier alpha value is -2.46. The molecule has 5 nitrogen and oxygen atoms in total. The summed E-state index contributed by atoms with van der Waals surface area (Å²) in [6.07, 6.45) is -6.76. The Balaban J connectivity index is 2.26. The first-order valence-electron chi connectivity index (χ1n) is 7.61. The van der Waals surface area contributed by atoms with E-state index in [1.807, 2.05) is 0 Å². The van der Waals surface area contributed by atoms with Gasteiger partial charge in [-0.3, -0.25) is 10.1 Å². The molecule has 0 aromatic heterocycles. The number of alkyl halides is 6. The predicted molar refractivity (Wildman–Crippen MR) is 80.5 cm³/mol. The van der Waals surface area contributed by atoms with Crippen LogP contribution in [0.15, 0.2) is 30.2 Å². The second-order valence-corrected chi connectivity index (χ2v) is 5.91. The molecular formula is C15H15F6N3O2. The zero-order chi connectivity index (χ0) is 19.5. The molecule has 0 saturated heterocycles. The Labute approximate surface area is 144 Å². The molecule has 0 radical (unpaired) electrons. The fraction of sp³-hybridized carbons (Fsp3) is 0.467. The van der Waals surface area contributed by atoms with E-state index in [1.165, 1.54) is 0 Å². The summed E-state index contributed by atoms with van der Waals surface area (Å²) in [6.45, 7) is 0.308. The summed E-state index contributed by atoms with van der Waals surface area (Å²) in [5.41, 5.74) is -3.57. The first kappa shape index (κ1) is 19.9. The van der Waals surface area contributed by atoms with Crippen LogP contribution in [0.25, 0.3) is 0 Å². The van der Waals surface area contributed by atoms with Crippen LogP contribution in [0.4, 0.5) is 32.0 Å². The molecule has 1 aliphatic carbocycles. The number of hydrogen-bond acceptors (Lipinski definition) is 4. The Kier molecular flexibility index (Phi) is 5.67. The molecule has 0 heterocycles. The van der Waals surface area contributed by atoms with Gasteiger partial charge in [-0.25, -0.2) is 0 Å². The lowest BCUT2D eigenvalue weighted by Crippen LogP contribution is -2.23. The van der Waals surface area contributed by atoms with E-state index in [2.05, 4.69) is 10.6 Å². The topological polar surface area (TPSA) is 67.2 Å². The van der Waals surface area contributed by atoms with Crippen LogP contribution in [0.5, 0.6) is 0 Å². The van der Waals surface area contributed by atoms with E-state index in [-0.39, 0.29) is 11.9 Å². The largest absolute Gasteiger partial charge is 0.416 e. The Morgan fingerprint density at radius 1 is 1.12 bits per heavy atom. The molecule has 1 aliphatic rings. The molecule has 0 spiro atoms. The molecule has 0 bridgehead atoms. The Morgan fingerprint density at radius 3 is 2.08 bits per heavy atom. The van der Waals surface area contributed by atoms with Gasteiger partial charge in [0.15, 0.2) is 5.82 Å². The van der Waals surface area contributed by atoms with Crippen LogP contribution < -0.4 is 10.6 Å². The van der Waals surface area contributed by atoms with Crippen molar-refractivity contribution in [1.82, 2.24) is 5.32 Å². The zero-order valence-electron chi connectivity index (χ0n) is 13.2. The van der Waals surface area contributed by atoms with Gasteiger partial charge in [-0.05, 0) is 30.5 Å². The highest BCUT2D eigenvalue weighted by Crippen LogP contribution is 2.37. The molecule has 1 aromatic carbocycles. The van der Waals surface area contributed by atoms with Crippen LogP contribution in [0.2, 0.25) is 0 Å². The number of anilines is 1. The number of benzene rings is 1. The lowest BCUT2D eigenvalue weighted by molar-refractivity contribution is -0.403. The van der Waals surface area contributed by atoms with Crippen LogP contribution in [-0.4, -0.2) is 11.5 Å². The molecule has 1 aromatic rings. The molecule has 0 unspecified atom stereocenters. The van der Waals surface area contributed by atoms with Gasteiger partial charge in [-0.2, -0.15) is 26.3 Å². The quantitative estimate of drug-likeness (QED) is 0.410. The number of nitrogens with one attached hydrogen (secondary N) is 2. The number of halogens is 6. The summed E-state index contributed by atoms with van der Waals surface area (Å²) in [7, 11) is 0. The van der Waals surface area contributed by atoms with Gasteiger partial charge in [0.1, 0.15) is 0 Å². The molecule has 0 atom stereocenters. The zero-order valence-corrected chi connectivity index (χ0v) is 13.2. The van der Waals surface area contributed by atoms with E-state index in [4.69, 9.17) is 0 Å². The van der Waals surface area contributed by atoms with E-state index in [9.17, 15) is 36.5 Å². The third kappa shape index (κ3) is 6.12. The van der Waals surface area contributed by atoms with Crippen LogP contribution >= 0.6 is 0 Å². The van der Waals surface area contributed by atoms with E-state index < -0.39 is 34.1 Å². The molecule has 144 valence electrons. The van der Waals surface area contributed by atoms with E-state index in [0.29, 0.717) is 37.2 Å². The first-order valence-corrected chi connectivity index (χ1v) is 7.61. The number of nitrogens with zero attached hydrogens (tertiary/aromatic N) is 1. The summed E-state index contributed by atoms with van der Waals surface area (Å²) in [4.78, 5) is 9.79. The summed E-state index contributed by atoms with van der Waals surface area (Å²) in [5.74, 6) is 0.202. The number of rotatable bonds is 7. The predicted octanol–water partition coefficient (Wildman–Crippen LogP) is 4.60. The highest BCUT2D eigenvalue weighted by Gasteiger charge is 2.37. The minimum Gasteiger partial charge on any atom is -0.366 e. The molecule has 0 aliphatic heterocycles. The number of nitro groups is 1. The standard InChI is InChI=1S/C15H15F6N3O2/c16-14(17,18)10-5-11(15(19,20)21)7-12(6-10)23-13(8-24(25)26)22-4-3-9-1-2-9/h5-9,22-23H,1-4H2. The van der Waals surface area contributed by atoms with Crippen LogP contribution in [0.3, 0.4) is 0 Å². The van der Waals surface area contributed by atoms with E-state index >= 15 is 0 Å². The Bertz CT molecular complexity index is 663. The molecular weight excluding hydrogens is 368 g/mol. The molecule has 0 amide bonds. The van der Waals surface area contributed by atoms with Crippen LogP contribution in [0.1, 0.15) is 30.4 Å². The smallest absolute Gasteiger partial charge is 0.366 e. The maximum absolute atomic E-state index is 12.8. The van der Waals surface area contributed by atoms with Gasteiger partial charge >= 0.3 is 12.4 Å². The molecule has 26 heavy (non-hydrogen) atoms. The van der Waals surface area contributed by atoms with Crippen molar-refractivity contribution >= 4 is 5.69 Å². The number of hydrogen-bond donors (Lipinski definition) is 2. The van der Waals surface area contributed by atoms with E-state index in [0.717, 1.165) is 12.8 Å². The SMILES string of the molecule is O=[N+]([O-])C=C(NCCC1CC1)Nc1cc(C(F)(F)F)cc(C(F)(F)F)c1. The molecule has 2 rings (SSSR count). The average molecular weight is 383 g/mol. The van der Waals surface area contributed by atoms with Crippen molar-refractivity contribution in [3.8, 4) is 0 Å². The highest BCUT2D eigenvalue weighted by atomic mass is 19.4. The van der Waals surface area contributed by atoms with Crippen molar-refractivity contribution in [2.24, 2.45) is 5.92 Å². The first-order chi connectivity index (χ1) is 11.9. The summed E-state index contributed by atoms with van der Waals surface area (Å²) in [5, 5.41) is 15.5. The highest BCUT2D eigenvalue weighted by molar-refractivity contribution is 5.53. The van der Waals surface area contributed by atoms with Gasteiger partial charge in [-0.1, -0.05) is 12.8 Å². The molecule has 2 N–H and O–H groups in total. The average Bonchev–Trinajstić information content (AvgIpc) is 3.28. The maximum Gasteiger partial charge on any atom is 0.416 e. The van der Waals surface area contributed by atoms with Gasteiger partial charge in [0, 0.05) is 12.2 Å². The lowest BCUT2D eigenvalue weighted by atomic mass is 10.1. The van der Waals surface area contributed by atoms with Gasteiger partial charge in [0.05, 0.1) is 16.1 Å². The van der Waals surface area contributed by atoms with Gasteiger partial charge in [-0.15, -0.1) is 0 Å².